The Hall–Kier alpha value is -0.600. The van der Waals surface area contributed by atoms with Crippen LogP contribution in [0.3, 0.4) is 0 Å². The summed E-state index contributed by atoms with van der Waals surface area (Å²) >= 11 is 0. The van der Waals surface area contributed by atoms with Crippen LogP contribution in [0.4, 0.5) is 0 Å². The molecule has 0 radical (unpaired) electrons. The number of hydrogen-bond acceptors (Lipinski definition) is 6. The van der Waals surface area contributed by atoms with Crippen LogP contribution < -0.4 is 34.3 Å². The second-order valence-electron chi connectivity index (χ2n) is 4.10. The van der Waals surface area contributed by atoms with Gasteiger partial charge in [0.25, 0.3) is 0 Å². The molecule has 21 heavy (non-hydrogen) atoms. The summed E-state index contributed by atoms with van der Waals surface area (Å²) in [7, 11) is -4.24. The Morgan fingerprint density at radius 2 is 1.90 bits per heavy atom. The molecule has 0 aliphatic rings. The van der Waals surface area contributed by atoms with Crippen molar-refractivity contribution in [1.29, 1.82) is 0 Å². The van der Waals surface area contributed by atoms with Gasteiger partial charge in [-0.25, -0.2) is 13.2 Å². The van der Waals surface area contributed by atoms with Crippen LogP contribution in [-0.4, -0.2) is 37.9 Å². The van der Waals surface area contributed by atoms with E-state index in [0.717, 1.165) is 6.42 Å². The van der Waals surface area contributed by atoms with E-state index in [-0.39, 0.29) is 48.1 Å². The topological polar surface area (TPSA) is 92.7 Å². The third-order valence-electron chi connectivity index (χ3n) is 2.34. The minimum absolute atomic E-state index is 0. The van der Waals surface area contributed by atoms with Crippen molar-refractivity contribution in [2.75, 3.05) is 19.0 Å². The van der Waals surface area contributed by atoms with Gasteiger partial charge < -0.3 is 14.0 Å². The van der Waals surface area contributed by atoms with Crippen molar-refractivity contribution in [2.24, 2.45) is 0 Å². The molecule has 0 spiro atoms. The standard InChI is InChI=1S/C13H18O6S.Na/c1-2-8-19-13(14)11-6-3-4-7-12(11)18-9-5-10-20(15,16)17;/h3-4,6-7H,2,5,8-10H2,1H3,(H,15,16,17);/q;+1/p-1. The van der Waals surface area contributed by atoms with E-state index in [1.165, 1.54) is 0 Å². The summed E-state index contributed by atoms with van der Waals surface area (Å²) in [6.07, 6.45) is 0.792. The van der Waals surface area contributed by atoms with E-state index in [4.69, 9.17) is 9.47 Å². The molecule has 0 aromatic heterocycles. The average molecular weight is 324 g/mol. The van der Waals surface area contributed by atoms with Gasteiger partial charge in [0, 0.05) is 5.75 Å². The van der Waals surface area contributed by atoms with E-state index in [1.54, 1.807) is 24.3 Å². The molecular formula is C13H17NaO6S. The Morgan fingerprint density at radius 3 is 2.52 bits per heavy atom. The largest absolute Gasteiger partial charge is 1.00 e. The van der Waals surface area contributed by atoms with Gasteiger partial charge in [-0.05, 0) is 25.0 Å². The quantitative estimate of drug-likeness (QED) is 0.252. The number of para-hydroxylation sites is 1. The molecule has 6 nitrogen and oxygen atoms in total. The molecule has 112 valence electrons. The molecule has 0 saturated carbocycles. The molecule has 0 aliphatic carbocycles. The zero-order valence-corrected chi connectivity index (χ0v) is 15.0. The van der Waals surface area contributed by atoms with E-state index in [2.05, 4.69) is 0 Å². The van der Waals surface area contributed by atoms with Gasteiger partial charge >= 0.3 is 35.5 Å². The maximum Gasteiger partial charge on any atom is 1.00 e. The number of hydrogen-bond donors (Lipinski definition) is 0. The van der Waals surface area contributed by atoms with Crippen molar-refractivity contribution in [1.82, 2.24) is 0 Å². The summed E-state index contributed by atoms with van der Waals surface area (Å²) in [6, 6.07) is 6.53. The maximum absolute atomic E-state index is 11.8. The molecule has 0 heterocycles. The number of carbonyl (C=O) groups is 1. The Morgan fingerprint density at radius 1 is 1.24 bits per heavy atom. The van der Waals surface area contributed by atoms with E-state index in [1.807, 2.05) is 6.92 Å². The molecule has 0 unspecified atom stereocenters. The van der Waals surface area contributed by atoms with Gasteiger partial charge in [-0.1, -0.05) is 19.1 Å². The van der Waals surface area contributed by atoms with Crippen LogP contribution in [-0.2, 0) is 14.9 Å². The van der Waals surface area contributed by atoms with Crippen molar-refractivity contribution in [3.05, 3.63) is 29.8 Å². The molecule has 8 heteroatoms. The summed E-state index contributed by atoms with van der Waals surface area (Å²) in [5.41, 5.74) is 0.283. The van der Waals surface area contributed by atoms with Crippen LogP contribution in [0.1, 0.15) is 30.1 Å². The van der Waals surface area contributed by atoms with Crippen molar-refractivity contribution in [2.45, 2.75) is 19.8 Å². The fraction of sp³-hybridized carbons (Fsp3) is 0.462. The van der Waals surface area contributed by atoms with E-state index in [0.29, 0.717) is 12.4 Å². The summed E-state index contributed by atoms with van der Waals surface area (Å²) in [5, 5.41) is 0. The SMILES string of the molecule is CCCOC(=O)c1ccccc1OCCCS(=O)(=O)[O-].[Na+]. The Labute approximate surface area is 146 Å². The normalized spacial score (nSPS) is 10.6. The molecule has 1 aromatic rings. The first kappa shape index (κ1) is 20.4. The van der Waals surface area contributed by atoms with Crippen LogP contribution >= 0.6 is 0 Å². The minimum atomic E-state index is -4.24. The van der Waals surface area contributed by atoms with Crippen LogP contribution in [0.15, 0.2) is 24.3 Å². The van der Waals surface area contributed by atoms with Gasteiger partial charge in [0.15, 0.2) is 0 Å². The molecule has 1 aromatic carbocycles. The number of benzene rings is 1. The fourth-order valence-corrected chi connectivity index (χ4v) is 1.92. The molecule has 0 amide bonds. The second-order valence-corrected chi connectivity index (χ2v) is 5.62. The van der Waals surface area contributed by atoms with Crippen LogP contribution in [0.25, 0.3) is 0 Å². The summed E-state index contributed by atoms with van der Waals surface area (Å²) in [6.45, 7) is 2.25. The van der Waals surface area contributed by atoms with Crippen molar-refractivity contribution < 1.29 is 56.8 Å². The molecular weight excluding hydrogens is 307 g/mol. The van der Waals surface area contributed by atoms with E-state index in [9.17, 15) is 17.8 Å². The summed E-state index contributed by atoms with van der Waals surface area (Å²) < 4.78 is 41.7. The molecule has 0 fully saturated rings. The molecule has 1 rings (SSSR count). The van der Waals surface area contributed by atoms with Crippen molar-refractivity contribution in [3.63, 3.8) is 0 Å². The Kier molecular flexibility index (Phi) is 9.89. The predicted octanol–water partition coefficient (Wildman–Crippen LogP) is -1.43. The fourth-order valence-electron chi connectivity index (χ4n) is 1.45. The van der Waals surface area contributed by atoms with Crippen molar-refractivity contribution >= 4 is 16.1 Å². The first-order valence-electron chi connectivity index (χ1n) is 6.26. The zero-order chi connectivity index (χ0) is 15.0. The number of rotatable bonds is 8. The first-order valence-corrected chi connectivity index (χ1v) is 7.84. The number of ether oxygens (including phenoxy) is 2. The molecule has 0 bridgehead atoms. The van der Waals surface area contributed by atoms with Crippen LogP contribution in [0.5, 0.6) is 5.75 Å². The number of carbonyl (C=O) groups excluding carboxylic acids is 1. The molecule has 0 N–H and O–H groups in total. The zero-order valence-electron chi connectivity index (χ0n) is 12.2. The maximum atomic E-state index is 11.8. The second kappa shape index (κ2) is 10.2. The number of esters is 1. The Bertz CT molecular complexity index is 543. The van der Waals surface area contributed by atoms with Gasteiger partial charge in [0.05, 0.1) is 23.3 Å². The summed E-state index contributed by atoms with van der Waals surface area (Å²) in [4.78, 5) is 11.8. The van der Waals surface area contributed by atoms with Gasteiger partial charge in [0.2, 0.25) is 0 Å². The minimum Gasteiger partial charge on any atom is -0.748 e. The third-order valence-corrected chi connectivity index (χ3v) is 3.13. The van der Waals surface area contributed by atoms with Crippen LogP contribution in [0.2, 0.25) is 0 Å². The van der Waals surface area contributed by atoms with E-state index >= 15 is 0 Å². The van der Waals surface area contributed by atoms with Gasteiger partial charge in [-0.2, -0.15) is 0 Å². The van der Waals surface area contributed by atoms with Gasteiger partial charge in [-0.3, -0.25) is 0 Å². The molecule has 0 saturated heterocycles. The summed E-state index contributed by atoms with van der Waals surface area (Å²) in [5.74, 6) is -0.661. The molecule has 0 aliphatic heterocycles. The van der Waals surface area contributed by atoms with Crippen molar-refractivity contribution in [3.8, 4) is 5.75 Å². The van der Waals surface area contributed by atoms with Crippen LogP contribution in [0, 0.1) is 0 Å². The third kappa shape index (κ3) is 8.43. The monoisotopic (exact) mass is 324 g/mol. The van der Waals surface area contributed by atoms with Gasteiger partial charge in [0.1, 0.15) is 11.3 Å². The molecule has 0 atom stereocenters. The average Bonchev–Trinajstić information content (AvgIpc) is 2.40. The Balaban J connectivity index is 0.00000400. The smallest absolute Gasteiger partial charge is 0.748 e. The predicted molar refractivity (Wildman–Crippen MR) is 71.7 cm³/mol. The van der Waals surface area contributed by atoms with E-state index < -0.39 is 21.8 Å². The van der Waals surface area contributed by atoms with Gasteiger partial charge in [-0.15, -0.1) is 0 Å². The first-order chi connectivity index (χ1) is 9.44.